The van der Waals surface area contributed by atoms with Crippen LogP contribution in [0.15, 0.2) is 76.1 Å². The summed E-state index contributed by atoms with van der Waals surface area (Å²) in [4.78, 5) is 12.5. The molecular weight excluding hydrogens is 369 g/mol. The van der Waals surface area contributed by atoms with E-state index in [-0.39, 0.29) is 18.0 Å². The first-order valence-electron chi connectivity index (χ1n) is 8.31. The maximum atomic E-state index is 12.9. The molecule has 0 saturated heterocycles. The first kappa shape index (κ1) is 17.4. The van der Waals surface area contributed by atoms with E-state index in [1.807, 2.05) is 24.3 Å². The lowest BCUT2D eigenvalue weighted by Crippen LogP contribution is -2.16. The van der Waals surface area contributed by atoms with E-state index in [1.54, 1.807) is 24.4 Å². The molecule has 0 spiro atoms. The van der Waals surface area contributed by atoms with Gasteiger partial charge in [-0.25, -0.2) is 4.39 Å². The normalized spacial score (nSPS) is 11.0. The van der Waals surface area contributed by atoms with E-state index >= 15 is 0 Å². The first-order chi connectivity index (χ1) is 13.1. The molecule has 0 bridgehead atoms. The first-order valence-corrected chi connectivity index (χ1v) is 8.84. The van der Waals surface area contributed by atoms with Gasteiger partial charge in [-0.05, 0) is 48.0 Å². The van der Waals surface area contributed by atoms with Crippen LogP contribution in [0.4, 0.5) is 4.39 Å². The number of furan rings is 1. The maximum Gasteiger partial charge on any atom is 0.258 e. The molecule has 4 rings (SSSR count). The Kier molecular flexibility index (Phi) is 4.69. The predicted octanol–water partition coefficient (Wildman–Crippen LogP) is 5.04. The van der Waals surface area contributed by atoms with Gasteiger partial charge >= 0.3 is 0 Å². The van der Waals surface area contributed by atoms with Crippen molar-refractivity contribution in [2.45, 2.75) is 12.5 Å². The number of hydrogen-bond acceptors (Lipinski definition) is 3. The summed E-state index contributed by atoms with van der Waals surface area (Å²) in [7, 11) is 0. The van der Waals surface area contributed by atoms with E-state index in [1.165, 1.54) is 22.8 Å². The van der Waals surface area contributed by atoms with Crippen molar-refractivity contribution < 1.29 is 13.5 Å². The second-order valence-electron chi connectivity index (χ2n) is 6.05. The van der Waals surface area contributed by atoms with Crippen LogP contribution in [0.5, 0.6) is 5.75 Å². The average molecular weight is 384 g/mol. The van der Waals surface area contributed by atoms with E-state index in [0.717, 1.165) is 22.2 Å². The molecule has 0 atom stereocenters. The Labute approximate surface area is 159 Å². The zero-order valence-corrected chi connectivity index (χ0v) is 14.9. The van der Waals surface area contributed by atoms with Crippen molar-refractivity contribution >= 4 is 22.6 Å². The van der Waals surface area contributed by atoms with Crippen molar-refractivity contribution in [3.8, 4) is 11.4 Å². The smallest absolute Gasteiger partial charge is 0.258 e. The molecule has 0 fully saturated rings. The highest BCUT2D eigenvalue weighted by Crippen LogP contribution is 2.23. The molecule has 4 aromatic rings. The number of hydrogen-bond donors (Lipinski definition) is 0. The largest absolute Gasteiger partial charge is 0.489 e. The van der Waals surface area contributed by atoms with Gasteiger partial charge in [0.25, 0.3) is 5.56 Å². The monoisotopic (exact) mass is 383 g/mol. The van der Waals surface area contributed by atoms with Crippen LogP contribution in [0.25, 0.3) is 16.7 Å². The van der Waals surface area contributed by atoms with Gasteiger partial charge in [-0.15, -0.1) is 11.6 Å². The Morgan fingerprint density at radius 3 is 2.59 bits per heavy atom. The third kappa shape index (κ3) is 3.73. The summed E-state index contributed by atoms with van der Waals surface area (Å²) in [6, 6.07) is 16.5. The van der Waals surface area contributed by atoms with E-state index < -0.39 is 0 Å². The average Bonchev–Trinajstić information content (AvgIpc) is 3.10. The number of benzene rings is 2. The van der Waals surface area contributed by atoms with Crippen LogP contribution in [0.1, 0.15) is 11.3 Å². The molecule has 136 valence electrons. The van der Waals surface area contributed by atoms with Gasteiger partial charge in [0.05, 0.1) is 5.88 Å². The van der Waals surface area contributed by atoms with Crippen molar-refractivity contribution in [2.75, 3.05) is 0 Å². The molecule has 0 amide bonds. The minimum absolute atomic E-state index is 0.216. The highest BCUT2D eigenvalue weighted by atomic mass is 35.5. The number of halogens is 2. The molecule has 0 saturated carbocycles. The van der Waals surface area contributed by atoms with Crippen LogP contribution < -0.4 is 10.3 Å². The van der Waals surface area contributed by atoms with Gasteiger partial charge in [-0.1, -0.05) is 12.1 Å². The van der Waals surface area contributed by atoms with Gasteiger partial charge in [-0.2, -0.15) is 0 Å². The lowest BCUT2D eigenvalue weighted by molar-refractivity contribution is 0.305. The molecule has 0 aliphatic rings. The standard InChI is InChI=1S/C21H15ClFNO3/c22-12-19-10-15-9-17(5-6-20(15)27-19)24-8-7-18(11-21(24)25)26-13-14-1-3-16(23)4-2-14/h1-11H,12-13H2. The molecule has 0 N–H and O–H groups in total. The van der Waals surface area contributed by atoms with Crippen molar-refractivity contribution in [2.24, 2.45) is 0 Å². The predicted molar refractivity (Wildman–Crippen MR) is 102 cm³/mol. The van der Waals surface area contributed by atoms with Gasteiger partial charge in [0.15, 0.2) is 0 Å². The fraction of sp³-hybridized carbons (Fsp3) is 0.0952. The number of fused-ring (bicyclic) bond motifs is 1. The second kappa shape index (κ2) is 7.29. The Hall–Kier alpha value is -3.05. The molecule has 0 aliphatic carbocycles. The number of nitrogens with zero attached hydrogens (tertiary/aromatic N) is 1. The minimum atomic E-state index is -0.297. The molecule has 0 radical (unpaired) electrons. The number of aromatic nitrogens is 1. The van der Waals surface area contributed by atoms with E-state index in [9.17, 15) is 9.18 Å². The van der Waals surface area contributed by atoms with Crippen LogP contribution >= 0.6 is 11.6 Å². The number of rotatable bonds is 5. The van der Waals surface area contributed by atoms with Crippen molar-refractivity contribution in [3.05, 3.63) is 94.4 Å². The summed E-state index contributed by atoms with van der Waals surface area (Å²) >= 11 is 5.80. The molecule has 0 unspecified atom stereocenters. The highest BCUT2D eigenvalue weighted by Gasteiger charge is 2.07. The Morgan fingerprint density at radius 1 is 1.04 bits per heavy atom. The summed E-state index contributed by atoms with van der Waals surface area (Å²) in [6.07, 6.45) is 1.66. The zero-order valence-electron chi connectivity index (χ0n) is 14.2. The van der Waals surface area contributed by atoms with Gasteiger partial charge < -0.3 is 9.15 Å². The molecule has 2 heterocycles. The highest BCUT2D eigenvalue weighted by molar-refractivity contribution is 6.17. The summed E-state index contributed by atoms with van der Waals surface area (Å²) in [5.74, 6) is 1.13. The lowest BCUT2D eigenvalue weighted by Gasteiger charge is -2.09. The van der Waals surface area contributed by atoms with Crippen molar-refractivity contribution in [1.82, 2.24) is 4.57 Å². The van der Waals surface area contributed by atoms with Gasteiger partial charge in [0.2, 0.25) is 0 Å². The molecule has 2 aromatic carbocycles. The minimum Gasteiger partial charge on any atom is -0.489 e. The molecule has 0 aliphatic heterocycles. The summed E-state index contributed by atoms with van der Waals surface area (Å²) in [5.41, 5.74) is 2.05. The lowest BCUT2D eigenvalue weighted by atomic mass is 10.2. The Morgan fingerprint density at radius 2 is 1.85 bits per heavy atom. The fourth-order valence-corrected chi connectivity index (χ4v) is 2.94. The summed E-state index contributed by atoms with van der Waals surface area (Å²) in [5, 5.41) is 0.881. The van der Waals surface area contributed by atoms with Crippen molar-refractivity contribution in [1.29, 1.82) is 0 Å². The van der Waals surface area contributed by atoms with Gasteiger partial charge in [0, 0.05) is 23.3 Å². The van der Waals surface area contributed by atoms with Crippen LogP contribution in [-0.2, 0) is 12.5 Å². The van der Waals surface area contributed by atoms with Gasteiger partial charge in [0.1, 0.15) is 29.5 Å². The molecular formula is C21H15ClFNO3. The Balaban J connectivity index is 1.56. The third-order valence-corrected chi connectivity index (χ3v) is 4.43. The van der Waals surface area contributed by atoms with Crippen LogP contribution in [0.2, 0.25) is 0 Å². The SMILES string of the molecule is O=c1cc(OCc2ccc(F)cc2)ccn1-c1ccc2oc(CCl)cc2c1. The van der Waals surface area contributed by atoms with E-state index in [4.69, 9.17) is 20.8 Å². The van der Waals surface area contributed by atoms with Crippen LogP contribution in [-0.4, -0.2) is 4.57 Å². The zero-order chi connectivity index (χ0) is 18.8. The Bertz CT molecular complexity index is 1150. The second-order valence-corrected chi connectivity index (χ2v) is 6.32. The number of pyridine rings is 1. The molecule has 4 nitrogen and oxygen atoms in total. The summed E-state index contributed by atoms with van der Waals surface area (Å²) < 4.78 is 25.7. The fourth-order valence-electron chi connectivity index (χ4n) is 2.81. The third-order valence-electron chi connectivity index (χ3n) is 4.17. The molecule has 2 aromatic heterocycles. The van der Waals surface area contributed by atoms with E-state index in [0.29, 0.717) is 17.4 Å². The molecule has 6 heteroatoms. The van der Waals surface area contributed by atoms with Crippen LogP contribution in [0, 0.1) is 5.82 Å². The topological polar surface area (TPSA) is 44.4 Å². The van der Waals surface area contributed by atoms with E-state index in [2.05, 4.69) is 0 Å². The van der Waals surface area contributed by atoms with Crippen molar-refractivity contribution in [3.63, 3.8) is 0 Å². The number of alkyl halides is 1. The van der Waals surface area contributed by atoms with Gasteiger partial charge in [-0.3, -0.25) is 9.36 Å². The molecule has 27 heavy (non-hydrogen) atoms. The number of ether oxygens (including phenoxy) is 1. The van der Waals surface area contributed by atoms with Crippen LogP contribution in [0.3, 0.4) is 0 Å². The maximum absolute atomic E-state index is 12.9. The quantitative estimate of drug-likeness (QED) is 0.453. The summed E-state index contributed by atoms with van der Waals surface area (Å²) in [6.45, 7) is 0.256.